The maximum absolute atomic E-state index is 13.7. The number of aliphatic hydroxyl groups is 1. The number of halogens is 4. The standard InChI is InChI=1S/C25H29F4N5O2S/c26-21-2-1-16(10-20(21)25(27,28)29)32-23(36)34(8-7-33-6-4-18(35)14-33)17-3-5-24(11-15(24)9-17)22-31-13-19(12-30)37-22/h1-2,10,13-15,17,35H,3-9,11-12,30H2,(H,32,36)/t15?,17-,24+/m1/s1. The number of fused-ring (bicyclic) bond motifs is 1. The van der Waals surface area contributed by atoms with Crippen molar-refractivity contribution in [3.63, 3.8) is 0 Å². The Balaban J connectivity index is 1.31. The van der Waals surface area contributed by atoms with Gasteiger partial charge in [-0.15, -0.1) is 11.3 Å². The van der Waals surface area contributed by atoms with Crippen LogP contribution in [0.15, 0.2) is 36.4 Å². The first-order valence-corrected chi connectivity index (χ1v) is 13.1. The lowest BCUT2D eigenvalue weighted by atomic mass is 9.85. The van der Waals surface area contributed by atoms with Crippen LogP contribution in [0.4, 0.5) is 28.0 Å². The number of nitrogens with one attached hydrogen (secondary N) is 1. The highest BCUT2D eigenvalue weighted by atomic mass is 32.1. The molecule has 0 saturated heterocycles. The van der Waals surface area contributed by atoms with Gasteiger partial charge in [0.05, 0.1) is 10.6 Å². The highest BCUT2D eigenvalue weighted by Gasteiger charge is 2.60. The summed E-state index contributed by atoms with van der Waals surface area (Å²) < 4.78 is 53.3. The fourth-order valence-corrected chi connectivity index (χ4v) is 6.72. The lowest BCUT2D eigenvalue weighted by Crippen LogP contribution is -2.48. The molecular formula is C25H29F4N5O2S. The predicted octanol–water partition coefficient (Wildman–Crippen LogP) is 5.21. The predicted molar refractivity (Wildman–Crippen MR) is 131 cm³/mol. The summed E-state index contributed by atoms with van der Waals surface area (Å²) in [6, 6.07) is 1.84. The third kappa shape index (κ3) is 5.26. The Bertz CT molecular complexity index is 1200. The number of carbonyl (C=O) groups is 1. The maximum atomic E-state index is 13.7. The Morgan fingerprint density at radius 2 is 2.19 bits per heavy atom. The Kier molecular flexibility index (Phi) is 6.82. The van der Waals surface area contributed by atoms with Crippen LogP contribution in [0.1, 0.15) is 47.6 Å². The molecule has 2 amide bonds. The molecule has 4 N–H and O–H groups in total. The smallest absolute Gasteiger partial charge is 0.419 e. The van der Waals surface area contributed by atoms with Crippen LogP contribution in [0.3, 0.4) is 0 Å². The number of carbonyl (C=O) groups excluding carboxylic acids is 1. The minimum atomic E-state index is -4.87. The number of rotatable bonds is 7. The number of nitrogens with zero attached hydrogens (tertiary/aromatic N) is 3. The second-order valence-electron chi connectivity index (χ2n) is 10.0. The van der Waals surface area contributed by atoms with E-state index in [-0.39, 0.29) is 22.9 Å². The van der Waals surface area contributed by atoms with Crippen molar-refractivity contribution >= 4 is 23.1 Å². The first-order chi connectivity index (χ1) is 17.6. The van der Waals surface area contributed by atoms with Gasteiger partial charge in [-0.3, -0.25) is 0 Å². The van der Waals surface area contributed by atoms with Crippen LogP contribution in [0.2, 0.25) is 0 Å². The molecular weight excluding hydrogens is 510 g/mol. The van der Waals surface area contributed by atoms with Gasteiger partial charge in [0.2, 0.25) is 0 Å². The van der Waals surface area contributed by atoms with Crippen LogP contribution >= 0.6 is 11.3 Å². The van der Waals surface area contributed by atoms with Crippen LogP contribution in [0, 0.1) is 11.7 Å². The summed E-state index contributed by atoms with van der Waals surface area (Å²) in [6.45, 7) is 1.91. The van der Waals surface area contributed by atoms with Gasteiger partial charge in [0.25, 0.3) is 0 Å². The van der Waals surface area contributed by atoms with Crippen molar-refractivity contribution in [3.8, 4) is 0 Å². The van der Waals surface area contributed by atoms with E-state index in [1.165, 1.54) is 0 Å². The van der Waals surface area contributed by atoms with Crippen molar-refractivity contribution < 1.29 is 27.5 Å². The van der Waals surface area contributed by atoms with Crippen molar-refractivity contribution in [2.45, 2.75) is 56.3 Å². The summed E-state index contributed by atoms with van der Waals surface area (Å²) in [5, 5.41) is 13.4. The molecule has 2 aromatic rings. The van der Waals surface area contributed by atoms with Gasteiger partial charge in [0.1, 0.15) is 11.6 Å². The third-order valence-electron chi connectivity index (χ3n) is 7.73. The topological polar surface area (TPSA) is 94.7 Å². The average Bonchev–Trinajstić information content (AvgIpc) is 3.15. The summed E-state index contributed by atoms with van der Waals surface area (Å²) in [4.78, 5) is 22.6. The number of hydrogen-bond acceptors (Lipinski definition) is 6. The highest BCUT2D eigenvalue weighted by molar-refractivity contribution is 7.11. The largest absolute Gasteiger partial charge is 0.511 e. The summed E-state index contributed by atoms with van der Waals surface area (Å²) in [7, 11) is 0. The lowest BCUT2D eigenvalue weighted by molar-refractivity contribution is -0.139. The number of urea groups is 1. The normalized spacial score (nSPS) is 25.0. The SMILES string of the molecule is NCc1cnc([C@]23CC[C@@H](N(CCN4C=C(O)CC4)C(=O)Nc4ccc(F)c(C(F)(F)F)c4)CC2C3)s1. The number of aliphatic hydroxyl groups excluding tert-OH is 1. The van der Waals surface area contributed by atoms with Gasteiger partial charge in [-0.05, 0) is 49.8 Å². The molecule has 1 aliphatic heterocycles. The van der Waals surface area contributed by atoms with E-state index in [4.69, 9.17) is 5.73 Å². The molecule has 0 radical (unpaired) electrons. The molecule has 2 aliphatic carbocycles. The molecule has 0 spiro atoms. The van der Waals surface area contributed by atoms with E-state index in [1.54, 1.807) is 22.4 Å². The van der Waals surface area contributed by atoms with Gasteiger partial charge in [0.15, 0.2) is 0 Å². The fourth-order valence-electron chi connectivity index (χ4n) is 5.63. The molecule has 7 nitrogen and oxygen atoms in total. The summed E-state index contributed by atoms with van der Waals surface area (Å²) in [5.41, 5.74) is 4.25. The number of aromatic nitrogens is 1. The van der Waals surface area contributed by atoms with E-state index >= 15 is 0 Å². The van der Waals surface area contributed by atoms with Gasteiger partial charge in [-0.25, -0.2) is 14.2 Å². The molecule has 2 saturated carbocycles. The third-order valence-corrected chi connectivity index (χ3v) is 8.97. The monoisotopic (exact) mass is 539 g/mol. The molecule has 5 rings (SSSR count). The van der Waals surface area contributed by atoms with Crippen LogP contribution in [0.25, 0.3) is 0 Å². The maximum Gasteiger partial charge on any atom is 0.419 e. The number of alkyl halides is 3. The molecule has 2 heterocycles. The number of anilines is 1. The molecule has 3 atom stereocenters. The van der Waals surface area contributed by atoms with E-state index in [1.807, 2.05) is 11.1 Å². The van der Waals surface area contributed by atoms with Gasteiger partial charge in [-0.2, -0.15) is 13.2 Å². The van der Waals surface area contributed by atoms with E-state index in [0.29, 0.717) is 50.7 Å². The zero-order valence-corrected chi connectivity index (χ0v) is 20.9. The van der Waals surface area contributed by atoms with E-state index < -0.39 is 23.6 Å². The van der Waals surface area contributed by atoms with Crippen LogP contribution in [0.5, 0.6) is 0 Å². The van der Waals surface area contributed by atoms with Gasteiger partial charge in [-0.1, -0.05) is 0 Å². The van der Waals surface area contributed by atoms with Crippen molar-refractivity contribution in [1.29, 1.82) is 0 Å². The summed E-state index contributed by atoms with van der Waals surface area (Å²) >= 11 is 1.64. The van der Waals surface area contributed by atoms with Crippen molar-refractivity contribution in [1.82, 2.24) is 14.8 Å². The van der Waals surface area contributed by atoms with E-state index in [2.05, 4.69) is 10.3 Å². The second-order valence-corrected chi connectivity index (χ2v) is 11.2. The zero-order chi connectivity index (χ0) is 26.4. The number of benzene rings is 1. The average molecular weight is 540 g/mol. The summed E-state index contributed by atoms with van der Waals surface area (Å²) in [5.74, 6) is -0.736. The molecule has 37 heavy (non-hydrogen) atoms. The molecule has 0 bridgehead atoms. The minimum Gasteiger partial charge on any atom is -0.511 e. The van der Waals surface area contributed by atoms with Crippen molar-refractivity contribution in [3.05, 3.63) is 57.6 Å². The quantitative estimate of drug-likeness (QED) is 0.420. The Morgan fingerprint density at radius 3 is 2.84 bits per heavy atom. The number of hydrogen-bond donors (Lipinski definition) is 3. The van der Waals surface area contributed by atoms with E-state index in [9.17, 15) is 27.5 Å². The highest BCUT2D eigenvalue weighted by Crippen LogP contribution is 2.63. The first kappa shape index (κ1) is 25.8. The molecule has 2 fully saturated rings. The van der Waals surface area contributed by atoms with Crippen molar-refractivity contribution in [2.24, 2.45) is 11.7 Å². The number of amides is 2. The Morgan fingerprint density at radius 1 is 1.38 bits per heavy atom. The lowest BCUT2D eigenvalue weighted by Gasteiger charge is -2.37. The molecule has 1 aromatic carbocycles. The first-order valence-electron chi connectivity index (χ1n) is 12.3. The Labute approximate surface area is 216 Å². The van der Waals surface area contributed by atoms with Crippen molar-refractivity contribution in [2.75, 3.05) is 25.0 Å². The molecule has 1 aromatic heterocycles. The van der Waals surface area contributed by atoms with Crippen LogP contribution in [-0.4, -0.2) is 51.6 Å². The fraction of sp³-hybridized carbons (Fsp3) is 0.520. The van der Waals surface area contributed by atoms with Gasteiger partial charge < -0.3 is 26.0 Å². The number of thiazole rings is 1. The van der Waals surface area contributed by atoms with Gasteiger partial charge in [0, 0.05) is 67.0 Å². The molecule has 1 unspecified atom stereocenters. The van der Waals surface area contributed by atoms with E-state index in [0.717, 1.165) is 41.6 Å². The Hall–Kier alpha value is -2.86. The summed E-state index contributed by atoms with van der Waals surface area (Å²) in [6.07, 6.45) is 2.50. The molecule has 200 valence electrons. The second kappa shape index (κ2) is 9.79. The minimum absolute atomic E-state index is 0.0266. The molecule has 12 heteroatoms. The zero-order valence-electron chi connectivity index (χ0n) is 20.1. The van der Waals surface area contributed by atoms with Gasteiger partial charge >= 0.3 is 12.2 Å². The molecule has 3 aliphatic rings. The number of nitrogens with two attached hydrogens (primary N) is 1. The van der Waals surface area contributed by atoms with Crippen LogP contribution < -0.4 is 11.1 Å². The van der Waals surface area contributed by atoms with Crippen LogP contribution in [-0.2, 0) is 18.1 Å².